The Balaban J connectivity index is 1.28. The highest BCUT2D eigenvalue weighted by atomic mass is 35.5. The normalized spacial score (nSPS) is 12.3. The Hall–Kier alpha value is -3.31. The van der Waals surface area contributed by atoms with Crippen LogP contribution in [0.15, 0.2) is 71.6 Å². The second-order valence-corrected chi connectivity index (χ2v) is 9.43. The van der Waals surface area contributed by atoms with Crippen LogP contribution in [0.5, 0.6) is 0 Å². The number of primary sulfonamides is 1. The molecular weight excluding hydrogens is 460 g/mol. The van der Waals surface area contributed by atoms with Crippen LogP contribution in [0.1, 0.15) is 29.0 Å². The lowest BCUT2D eigenvalue weighted by Gasteiger charge is -2.14. The fourth-order valence-electron chi connectivity index (χ4n) is 3.85. The third kappa shape index (κ3) is 5.20. The van der Waals surface area contributed by atoms with Gasteiger partial charge in [-0.05, 0) is 40.5 Å². The molecule has 8 heteroatoms. The van der Waals surface area contributed by atoms with Gasteiger partial charge in [-0.15, -0.1) is 0 Å². The zero-order chi connectivity index (χ0) is 23.4. The molecule has 4 rings (SSSR count). The van der Waals surface area contributed by atoms with E-state index in [1.807, 2.05) is 24.3 Å². The van der Waals surface area contributed by atoms with Gasteiger partial charge in [0.05, 0.1) is 5.02 Å². The molecule has 6 nitrogen and oxygen atoms in total. The first kappa shape index (κ1) is 22.9. The summed E-state index contributed by atoms with van der Waals surface area (Å²) in [5.41, 5.74) is 5.21. The van der Waals surface area contributed by atoms with E-state index < -0.39 is 16.1 Å². The first-order chi connectivity index (χ1) is 15.8. The molecule has 168 valence electrons. The number of carbonyl (C=O) groups is 1. The van der Waals surface area contributed by atoms with Crippen LogP contribution in [-0.2, 0) is 14.8 Å². The number of hydrogen-bond acceptors (Lipinski definition) is 4. The number of benzene rings is 3. The highest BCUT2D eigenvalue weighted by Crippen LogP contribution is 2.44. The van der Waals surface area contributed by atoms with E-state index >= 15 is 0 Å². The van der Waals surface area contributed by atoms with E-state index in [0.717, 1.165) is 11.1 Å². The number of fused-ring (bicyclic) bond motifs is 3. The molecule has 0 saturated heterocycles. The van der Waals surface area contributed by atoms with Crippen LogP contribution >= 0.6 is 11.6 Å². The number of halogens is 1. The topological polar surface area (TPSA) is 98.5 Å². The van der Waals surface area contributed by atoms with Gasteiger partial charge < -0.3 is 10.1 Å². The molecule has 3 aromatic rings. The average molecular weight is 481 g/mol. The molecule has 1 amide bonds. The Kier molecular flexibility index (Phi) is 6.70. The molecule has 1 aliphatic rings. The van der Waals surface area contributed by atoms with Crippen molar-refractivity contribution < 1.29 is 17.9 Å². The van der Waals surface area contributed by atoms with Gasteiger partial charge in [0, 0.05) is 24.4 Å². The summed E-state index contributed by atoms with van der Waals surface area (Å²) in [6.07, 6.45) is -0.113. The number of hydrogen-bond donors (Lipinski definition) is 2. The standard InChI is InChI=1S/C25H21ClN2O4S/c26-23-15-17(12-13-24(23)33(27,30)31)7-5-6-14-28-25(29)32-16-22-20-10-3-1-8-18(20)19-9-2-4-11-21(19)22/h1-4,8-13,15,22H,6,14,16H2,(H,28,29)(H2,27,30,31). The number of ether oxygens (including phenoxy) is 1. The smallest absolute Gasteiger partial charge is 0.407 e. The number of nitrogens with two attached hydrogens (primary N) is 1. The summed E-state index contributed by atoms with van der Waals surface area (Å²) in [6, 6.07) is 20.6. The summed E-state index contributed by atoms with van der Waals surface area (Å²) in [7, 11) is -3.88. The third-order valence-corrected chi connectivity index (χ3v) is 6.73. The summed E-state index contributed by atoms with van der Waals surface area (Å²) in [5, 5.41) is 7.80. The average Bonchev–Trinajstić information content (AvgIpc) is 3.10. The summed E-state index contributed by atoms with van der Waals surface area (Å²) in [6.45, 7) is 0.563. The van der Waals surface area contributed by atoms with Gasteiger partial charge >= 0.3 is 6.09 Å². The lowest BCUT2D eigenvalue weighted by Crippen LogP contribution is -2.26. The third-order valence-electron chi connectivity index (χ3n) is 5.33. The zero-order valence-corrected chi connectivity index (χ0v) is 19.1. The van der Waals surface area contributed by atoms with E-state index in [1.54, 1.807) is 0 Å². The van der Waals surface area contributed by atoms with Gasteiger partial charge in [0.25, 0.3) is 0 Å². The van der Waals surface area contributed by atoms with E-state index in [2.05, 4.69) is 41.4 Å². The van der Waals surface area contributed by atoms with Crippen LogP contribution in [0.25, 0.3) is 11.1 Å². The summed E-state index contributed by atoms with van der Waals surface area (Å²) >= 11 is 5.95. The molecule has 0 heterocycles. The number of alkyl carbamates (subject to hydrolysis) is 1. The predicted molar refractivity (Wildman–Crippen MR) is 127 cm³/mol. The van der Waals surface area contributed by atoms with E-state index in [9.17, 15) is 13.2 Å². The van der Waals surface area contributed by atoms with Crippen LogP contribution in [0, 0.1) is 11.8 Å². The van der Waals surface area contributed by atoms with Gasteiger partial charge in [-0.3, -0.25) is 0 Å². The molecule has 33 heavy (non-hydrogen) atoms. The van der Waals surface area contributed by atoms with Gasteiger partial charge in [0.1, 0.15) is 11.5 Å². The van der Waals surface area contributed by atoms with E-state index in [1.165, 1.54) is 29.3 Å². The zero-order valence-electron chi connectivity index (χ0n) is 17.5. The first-order valence-corrected chi connectivity index (χ1v) is 12.2. The molecule has 1 aliphatic carbocycles. The minimum absolute atomic E-state index is 0.00740. The summed E-state index contributed by atoms with van der Waals surface area (Å²) in [4.78, 5) is 12.0. The number of carbonyl (C=O) groups excluding carboxylic acids is 1. The Morgan fingerprint density at radius 2 is 1.67 bits per heavy atom. The van der Waals surface area contributed by atoms with Gasteiger partial charge in [-0.1, -0.05) is 72.0 Å². The summed E-state index contributed by atoms with van der Waals surface area (Å²) in [5.74, 6) is 5.79. The fourth-order valence-corrected chi connectivity index (χ4v) is 4.94. The van der Waals surface area contributed by atoms with Crippen molar-refractivity contribution >= 4 is 27.7 Å². The molecule has 0 saturated carbocycles. The highest BCUT2D eigenvalue weighted by Gasteiger charge is 2.28. The number of amides is 1. The van der Waals surface area contributed by atoms with Crippen molar-refractivity contribution in [2.45, 2.75) is 17.2 Å². The van der Waals surface area contributed by atoms with Crippen molar-refractivity contribution in [3.8, 4) is 23.0 Å². The van der Waals surface area contributed by atoms with Crippen LogP contribution in [0.3, 0.4) is 0 Å². The molecule has 0 unspecified atom stereocenters. The van der Waals surface area contributed by atoms with Crippen molar-refractivity contribution in [1.82, 2.24) is 5.32 Å². The van der Waals surface area contributed by atoms with Crippen molar-refractivity contribution in [3.63, 3.8) is 0 Å². The fraction of sp³-hybridized carbons (Fsp3) is 0.160. The molecule has 3 N–H and O–H groups in total. The maximum atomic E-state index is 12.2. The minimum atomic E-state index is -3.88. The van der Waals surface area contributed by atoms with Gasteiger partial charge in [0.15, 0.2) is 0 Å². The Labute approximate surface area is 197 Å². The first-order valence-electron chi connectivity index (χ1n) is 10.2. The van der Waals surface area contributed by atoms with E-state index in [4.69, 9.17) is 21.5 Å². The Morgan fingerprint density at radius 3 is 2.27 bits per heavy atom. The van der Waals surface area contributed by atoms with Crippen molar-refractivity contribution in [2.75, 3.05) is 13.2 Å². The van der Waals surface area contributed by atoms with E-state index in [0.29, 0.717) is 18.5 Å². The maximum absolute atomic E-state index is 12.2. The van der Waals surface area contributed by atoms with Crippen molar-refractivity contribution in [1.29, 1.82) is 0 Å². The molecule has 0 fully saturated rings. The van der Waals surface area contributed by atoms with E-state index in [-0.39, 0.29) is 22.4 Å². The van der Waals surface area contributed by atoms with Gasteiger partial charge in [0.2, 0.25) is 10.0 Å². The summed E-state index contributed by atoms with van der Waals surface area (Å²) < 4.78 is 28.3. The minimum Gasteiger partial charge on any atom is -0.449 e. The monoisotopic (exact) mass is 480 g/mol. The molecule has 0 spiro atoms. The number of rotatable bonds is 5. The Bertz CT molecular complexity index is 1330. The quantitative estimate of drug-likeness (QED) is 0.421. The molecule has 0 aliphatic heterocycles. The highest BCUT2D eigenvalue weighted by molar-refractivity contribution is 7.89. The predicted octanol–water partition coefficient (Wildman–Crippen LogP) is 4.27. The molecular formula is C25H21ClN2O4S. The van der Waals surface area contributed by atoms with Crippen molar-refractivity contribution in [2.24, 2.45) is 5.14 Å². The van der Waals surface area contributed by atoms with Crippen LogP contribution in [0.2, 0.25) is 5.02 Å². The Morgan fingerprint density at radius 1 is 1.03 bits per heavy atom. The van der Waals surface area contributed by atoms with Crippen LogP contribution < -0.4 is 10.5 Å². The molecule has 0 aromatic heterocycles. The van der Waals surface area contributed by atoms with Crippen LogP contribution in [-0.4, -0.2) is 27.7 Å². The lowest BCUT2D eigenvalue weighted by molar-refractivity contribution is 0.143. The molecule has 0 radical (unpaired) electrons. The number of sulfonamides is 1. The SMILES string of the molecule is NS(=O)(=O)c1ccc(C#CCCNC(=O)OCC2c3ccccc3-c3ccccc32)cc1Cl. The van der Waals surface area contributed by atoms with Crippen LogP contribution in [0.4, 0.5) is 4.79 Å². The largest absolute Gasteiger partial charge is 0.449 e. The van der Waals surface area contributed by atoms with Crippen molar-refractivity contribution in [3.05, 3.63) is 88.4 Å². The maximum Gasteiger partial charge on any atom is 0.407 e. The second kappa shape index (κ2) is 9.67. The molecule has 0 atom stereocenters. The molecule has 3 aromatic carbocycles. The van der Waals surface area contributed by atoms with Gasteiger partial charge in [-0.25, -0.2) is 18.4 Å². The number of nitrogens with one attached hydrogen (secondary N) is 1. The molecule has 0 bridgehead atoms. The second-order valence-electron chi connectivity index (χ2n) is 7.49. The lowest BCUT2D eigenvalue weighted by atomic mass is 9.98. The van der Waals surface area contributed by atoms with Gasteiger partial charge in [-0.2, -0.15) is 0 Å².